The number of anilines is 1. The number of hydrogen-bond acceptors (Lipinski definition) is 4. The van der Waals surface area contributed by atoms with Gasteiger partial charge in [0.25, 0.3) is 0 Å². The van der Waals surface area contributed by atoms with Gasteiger partial charge in [0.15, 0.2) is 0 Å². The molecule has 3 unspecified atom stereocenters. The Morgan fingerprint density at radius 1 is 1.25 bits per heavy atom. The summed E-state index contributed by atoms with van der Waals surface area (Å²) in [5.41, 5.74) is 0.503. The molecule has 2 saturated heterocycles. The van der Waals surface area contributed by atoms with Crippen molar-refractivity contribution in [2.24, 2.45) is 17.8 Å². The number of ether oxygens (including phenoxy) is 1. The number of aliphatic hydroxyl groups excluding tert-OH is 1. The van der Waals surface area contributed by atoms with Gasteiger partial charge in [0.2, 0.25) is 5.91 Å². The van der Waals surface area contributed by atoms with Crippen molar-refractivity contribution >= 4 is 23.2 Å². The molecule has 3 aliphatic rings. The molecular weight excluding hydrogens is 445 g/mol. The molecular formula is C23H26ClF3N2O3. The highest BCUT2D eigenvalue weighted by Crippen LogP contribution is 2.38. The molecule has 2 heterocycles. The van der Waals surface area contributed by atoms with E-state index in [2.05, 4.69) is 4.74 Å². The van der Waals surface area contributed by atoms with E-state index in [1.165, 1.54) is 18.2 Å². The number of allylic oxidation sites excluding steroid dienone is 3. The second-order valence-electron chi connectivity index (χ2n) is 8.64. The fourth-order valence-electron chi connectivity index (χ4n) is 5.13. The zero-order valence-electron chi connectivity index (χ0n) is 17.6. The SMILES string of the molecule is CC1C=C(O)C=CC1[C@@H]1CCN(C2CCN(c3ccc(OC(F)F)c(Cl)c3)C2=O)C[C@H]1F. The van der Waals surface area contributed by atoms with E-state index in [-0.39, 0.29) is 46.7 Å². The van der Waals surface area contributed by atoms with Crippen LogP contribution < -0.4 is 9.64 Å². The molecule has 174 valence electrons. The average Bonchev–Trinajstić information content (AvgIpc) is 3.11. The third-order valence-corrected chi connectivity index (χ3v) is 7.00. The zero-order valence-corrected chi connectivity index (χ0v) is 18.4. The molecule has 1 aromatic rings. The molecule has 0 bridgehead atoms. The highest BCUT2D eigenvalue weighted by atomic mass is 35.5. The van der Waals surface area contributed by atoms with Crippen molar-refractivity contribution in [3.8, 4) is 5.75 Å². The Morgan fingerprint density at radius 2 is 2.03 bits per heavy atom. The maximum absolute atomic E-state index is 15.2. The lowest BCUT2D eigenvalue weighted by atomic mass is 9.74. The predicted octanol–water partition coefficient (Wildman–Crippen LogP) is 4.97. The molecule has 2 aliphatic heterocycles. The molecule has 1 aromatic carbocycles. The number of rotatable bonds is 5. The normalized spacial score (nSPS) is 31.3. The molecule has 0 aromatic heterocycles. The number of hydrogen-bond donors (Lipinski definition) is 1. The molecule has 1 amide bonds. The fraction of sp³-hybridized carbons (Fsp3) is 0.522. The van der Waals surface area contributed by atoms with Crippen molar-refractivity contribution in [1.29, 1.82) is 0 Å². The van der Waals surface area contributed by atoms with Crippen LogP contribution in [-0.4, -0.2) is 54.4 Å². The highest BCUT2D eigenvalue weighted by Gasteiger charge is 2.43. The number of carbonyl (C=O) groups excluding carboxylic acids is 1. The van der Waals surface area contributed by atoms with E-state index in [1.807, 2.05) is 17.9 Å². The number of alkyl halides is 3. The van der Waals surface area contributed by atoms with Gasteiger partial charge >= 0.3 is 6.61 Å². The van der Waals surface area contributed by atoms with Crippen molar-refractivity contribution in [3.05, 3.63) is 47.2 Å². The lowest BCUT2D eigenvalue weighted by molar-refractivity contribution is -0.123. The summed E-state index contributed by atoms with van der Waals surface area (Å²) >= 11 is 6.03. The van der Waals surface area contributed by atoms with Crippen molar-refractivity contribution in [1.82, 2.24) is 4.90 Å². The van der Waals surface area contributed by atoms with Gasteiger partial charge in [0.1, 0.15) is 17.7 Å². The maximum Gasteiger partial charge on any atom is 0.387 e. The first-order chi connectivity index (χ1) is 15.2. The molecule has 4 rings (SSSR count). The fourth-order valence-corrected chi connectivity index (χ4v) is 5.35. The molecule has 2 fully saturated rings. The van der Waals surface area contributed by atoms with Gasteiger partial charge in [-0.2, -0.15) is 8.78 Å². The Bertz CT molecular complexity index is 926. The van der Waals surface area contributed by atoms with Gasteiger partial charge in [-0.05, 0) is 67.5 Å². The molecule has 0 saturated carbocycles. The van der Waals surface area contributed by atoms with Gasteiger partial charge in [-0.25, -0.2) is 4.39 Å². The summed E-state index contributed by atoms with van der Waals surface area (Å²) in [7, 11) is 0. The molecule has 0 spiro atoms. The van der Waals surface area contributed by atoms with E-state index < -0.39 is 18.8 Å². The van der Waals surface area contributed by atoms with Gasteiger partial charge in [0.05, 0.1) is 11.1 Å². The van der Waals surface area contributed by atoms with Crippen molar-refractivity contribution in [3.63, 3.8) is 0 Å². The molecule has 9 heteroatoms. The summed E-state index contributed by atoms with van der Waals surface area (Å²) in [5.74, 6) is -0.156. The number of piperidine rings is 1. The van der Waals surface area contributed by atoms with E-state index in [1.54, 1.807) is 17.1 Å². The van der Waals surface area contributed by atoms with Crippen LogP contribution in [0.1, 0.15) is 19.8 Å². The zero-order chi connectivity index (χ0) is 23.0. The third-order valence-electron chi connectivity index (χ3n) is 6.71. The van der Waals surface area contributed by atoms with Crippen LogP contribution in [-0.2, 0) is 4.79 Å². The number of carbonyl (C=O) groups is 1. The minimum atomic E-state index is -2.98. The van der Waals surface area contributed by atoms with Crippen LogP contribution in [0.4, 0.5) is 18.9 Å². The van der Waals surface area contributed by atoms with Gasteiger partial charge in [-0.15, -0.1) is 0 Å². The second-order valence-corrected chi connectivity index (χ2v) is 9.05. The Balaban J connectivity index is 1.40. The Morgan fingerprint density at radius 3 is 2.69 bits per heavy atom. The molecule has 1 N–H and O–H groups in total. The molecule has 5 atom stereocenters. The summed E-state index contributed by atoms with van der Waals surface area (Å²) in [6.45, 7) is 0.234. The summed E-state index contributed by atoms with van der Waals surface area (Å²) in [5, 5.41) is 9.65. The van der Waals surface area contributed by atoms with Crippen molar-refractivity contribution in [2.45, 2.75) is 38.6 Å². The maximum atomic E-state index is 15.2. The van der Waals surface area contributed by atoms with Gasteiger partial charge in [0, 0.05) is 18.8 Å². The van der Waals surface area contributed by atoms with Crippen LogP contribution in [0.3, 0.4) is 0 Å². The van der Waals surface area contributed by atoms with E-state index in [0.29, 0.717) is 31.6 Å². The van der Waals surface area contributed by atoms with Gasteiger partial charge < -0.3 is 14.7 Å². The molecule has 5 nitrogen and oxygen atoms in total. The summed E-state index contributed by atoms with van der Waals surface area (Å²) in [6, 6.07) is 3.85. The highest BCUT2D eigenvalue weighted by molar-refractivity contribution is 6.32. The summed E-state index contributed by atoms with van der Waals surface area (Å²) in [4.78, 5) is 16.5. The van der Waals surface area contributed by atoms with Crippen LogP contribution in [0.5, 0.6) is 5.75 Å². The minimum Gasteiger partial charge on any atom is -0.508 e. The van der Waals surface area contributed by atoms with E-state index >= 15 is 4.39 Å². The van der Waals surface area contributed by atoms with Gasteiger partial charge in [-0.3, -0.25) is 9.69 Å². The molecule has 1 aliphatic carbocycles. The van der Waals surface area contributed by atoms with Crippen LogP contribution in [0.25, 0.3) is 0 Å². The van der Waals surface area contributed by atoms with Crippen LogP contribution >= 0.6 is 11.6 Å². The standard InChI is InChI=1S/C23H26ClF3N2O3/c1-13-10-15(30)3-4-16(13)17-6-8-28(12-19(17)25)20-7-9-29(22(20)31)14-2-5-21(18(24)11-14)32-23(26)27/h2-5,10-11,13,16-17,19-20,23,30H,6-9,12H2,1H3/t13?,16?,17-,19+,20?/m0/s1. The number of aliphatic hydroxyl groups is 1. The topological polar surface area (TPSA) is 53.0 Å². The number of amides is 1. The first-order valence-electron chi connectivity index (χ1n) is 10.8. The summed E-state index contributed by atoms with van der Waals surface area (Å²) in [6.07, 6.45) is 5.39. The number of likely N-dealkylation sites (tertiary alicyclic amines) is 1. The second kappa shape index (κ2) is 9.35. The number of halogens is 4. The predicted molar refractivity (Wildman–Crippen MR) is 116 cm³/mol. The van der Waals surface area contributed by atoms with Crippen molar-refractivity contribution in [2.75, 3.05) is 24.5 Å². The average molecular weight is 471 g/mol. The first kappa shape index (κ1) is 23.0. The van der Waals surface area contributed by atoms with Crippen molar-refractivity contribution < 1.29 is 27.8 Å². The van der Waals surface area contributed by atoms with E-state index in [4.69, 9.17) is 11.6 Å². The Labute approximate surface area is 190 Å². The largest absolute Gasteiger partial charge is 0.508 e. The quantitative estimate of drug-likeness (QED) is 0.660. The number of nitrogens with zero attached hydrogens (tertiary/aromatic N) is 2. The lowest BCUT2D eigenvalue weighted by Crippen LogP contribution is -2.51. The van der Waals surface area contributed by atoms with Crippen LogP contribution in [0.2, 0.25) is 5.02 Å². The Hall–Kier alpha value is -2.19. The Kier molecular flexibility index (Phi) is 6.72. The smallest absolute Gasteiger partial charge is 0.387 e. The first-order valence-corrected chi connectivity index (χ1v) is 11.1. The third kappa shape index (κ3) is 4.62. The van der Waals surface area contributed by atoms with Gasteiger partial charge in [-0.1, -0.05) is 24.6 Å². The summed E-state index contributed by atoms with van der Waals surface area (Å²) < 4.78 is 44.4. The van der Waals surface area contributed by atoms with Crippen LogP contribution in [0.15, 0.2) is 42.2 Å². The van der Waals surface area contributed by atoms with E-state index in [9.17, 15) is 18.7 Å². The van der Waals surface area contributed by atoms with E-state index in [0.717, 1.165) is 0 Å². The molecule has 32 heavy (non-hydrogen) atoms. The monoisotopic (exact) mass is 470 g/mol. The lowest BCUT2D eigenvalue weighted by Gasteiger charge is -2.41. The minimum absolute atomic E-state index is 0.00145. The molecule has 0 radical (unpaired) electrons. The number of benzene rings is 1. The van der Waals surface area contributed by atoms with Crippen LogP contribution in [0, 0.1) is 17.8 Å².